The molecular weight excluding hydrogens is 382 g/mol. The zero-order chi connectivity index (χ0) is 20.5. The Labute approximate surface area is 164 Å². The number of rotatable bonds is 5. The van der Waals surface area contributed by atoms with E-state index in [4.69, 9.17) is 19.9 Å². The van der Waals surface area contributed by atoms with Crippen LogP contribution in [0.15, 0.2) is 36.9 Å². The topological polar surface area (TPSA) is 155 Å². The SMILES string of the molecule is COc1ncnc2c1ncn2[C@@H]1O[C@H](CO)[C@@H](O)[C@@H]1OC(=O)c1ccccc1N. The second-order valence-corrected chi connectivity index (χ2v) is 6.40. The molecule has 3 aromatic rings. The number of ether oxygens (including phenoxy) is 3. The molecule has 0 amide bonds. The van der Waals surface area contributed by atoms with E-state index in [1.165, 1.54) is 30.4 Å². The van der Waals surface area contributed by atoms with Crippen LogP contribution in [0.25, 0.3) is 11.2 Å². The molecule has 1 saturated heterocycles. The number of imidazole rings is 1. The van der Waals surface area contributed by atoms with Crippen molar-refractivity contribution < 1.29 is 29.2 Å². The molecule has 0 aliphatic carbocycles. The molecule has 152 valence electrons. The smallest absolute Gasteiger partial charge is 0.340 e. The largest absolute Gasteiger partial charge is 0.479 e. The van der Waals surface area contributed by atoms with Crippen molar-refractivity contribution in [2.75, 3.05) is 19.5 Å². The summed E-state index contributed by atoms with van der Waals surface area (Å²) in [6.45, 7) is -0.468. The molecule has 1 aliphatic rings. The molecular formula is C18H19N5O6. The van der Waals surface area contributed by atoms with Gasteiger partial charge in [0.1, 0.15) is 18.5 Å². The summed E-state index contributed by atoms with van der Waals surface area (Å²) in [6, 6.07) is 6.42. The summed E-state index contributed by atoms with van der Waals surface area (Å²) in [7, 11) is 1.45. The second kappa shape index (κ2) is 7.62. The van der Waals surface area contributed by atoms with Crippen molar-refractivity contribution in [1.29, 1.82) is 0 Å². The van der Waals surface area contributed by atoms with Gasteiger partial charge in [0.2, 0.25) is 5.88 Å². The predicted octanol–water partition coefficient (Wildman–Crippen LogP) is -0.107. The Morgan fingerprint density at radius 2 is 2.10 bits per heavy atom. The molecule has 4 N–H and O–H groups in total. The summed E-state index contributed by atoms with van der Waals surface area (Å²) in [5, 5.41) is 20.1. The maximum Gasteiger partial charge on any atom is 0.340 e. The Bertz CT molecular complexity index is 1040. The fraction of sp³-hybridized carbons (Fsp3) is 0.333. The maximum atomic E-state index is 12.6. The molecule has 0 spiro atoms. The van der Waals surface area contributed by atoms with Crippen molar-refractivity contribution >= 4 is 22.8 Å². The molecule has 0 radical (unpaired) electrons. The van der Waals surface area contributed by atoms with Crippen LogP contribution in [0.4, 0.5) is 5.69 Å². The lowest BCUT2D eigenvalue weighted by Gasteiger charge is -2.22. The van der Waals surface area contributed by atoms with E-state index in [0.717, 1.165) is 0 Å². The fourth-order valence-electron chi connectivity index (χ4n) is 3.26. The van der Waals surface area contributed by atoms with Crippen LogP contribution in [-0.2, 0) is 9.47 Å². The number of carbonyl (C=O) groups is 1. The molecule has 1 aromatic carbocycles. The first-order valence-electron chi connectivity index (χ1n) is 8.76. The number of aliphatic hydroxyl groups excluding tert-OH is 2. The first-order chi connectivity index (χ1) is 14.0. The van der Waals surface area contributed by atoms with Gasteiger partial charge in [0, 0.05) is 5.69 Å². The maximum absolute atomic E-state index is 12.6. The number of carbonyl (C=O) groups excluding carboxylic acids is 1. The molecule has 0 unspecified atom stereocenters. The number of methoxy groups -OCH3 is 1. The highest BCUT2D eigenvalue weighted by molar-refractivity contribution is 5.95. The number of nitrogens with zero attached hydrogens (tertiary/aromatic N) is 4. The van der Waals surface area contributed by atoms with E-state index in [-0.39, 0.29) is 17.1 Å². The predicted molar refractivity (Wildman–Crippen MR) is 98.9 cm³/mol. The average molecular weight is 401 g/mol. The third-order valence-electron chi connectivity index (χ3n) is 4.71. The van der Waals surface area contributed by atoms with Crippen LogP contribution in [0.2, 0.25) is 0 Å². The summed E-state index contributed by atoms with van der Waals surface area (Å²) >= 11 is 0. The molecule has 4 rings (SSSR count). The zero-order valence-electron chi connectivity index (χ0n) is 15.4. The van der Waals surface area contributed by atoms with Crippen LogP contribution in [-0.4, -0.2) is 67.7 Å². The molecule has 4 atom stereocenters. The Morgan fingerprint density at radius 1 is 1.31 bits per heavy atom. The standard InChI is InChI=1S/C18H19N5O6/c1-27-16-12-15(20-7-21-16)23(8-22-12)17-14(13(25)11(6-24)28-17)29-18(26)9-4-2-3-5-10(9)19/h2-5,7-8,11,13-14,17,24-25H,6,19H2,1H3/t11-,13-,14+,17-/m1/s1. The summed E-state index contributed by atoms with van der Waals surface area (Å²) < 4.78 is 17.9. The van der Waals surface area contributed by atoms with E-state index >= 15 is 0 Å². The molecule has 11 heteroatoms. The van der Waals surface area contributed by atoms with Gasteiger partial charge in [-0.15, -0.1) is 0 Å². The lowest BCUT2D eigenvalue weighted by molar-refractivity contribution is -0.0564. The third-order valence-corrected chi connectivity index (χ3v) is 4.71. The number of nitrogens with two attached hydrogens (primary N) is 1. The summed E-state index contributed by atoms with van der Waals surface area (Å²) in [5.74, 6) is -0.465. The lowest BCUT2D eigenvalue weighted by atomic mass is 10.1. The lowest BCUT2D eigenvalue weighted by Crippen LogP contribution is -2.37. The van der Waals surface area contributed by atoms with Crippen molar-refractivity contribution in [2.24, 2.45) is 0 Å². The zero-order valence-corrected chi connectivity index (χ0v) is 15.4. The van der Waals surface area contributed by atoms with Gasteiger partial charge in [-0.2, -0.15) is 4.98 Å². The Hall–Kier alpha value is -3.28. The van der Waals surface area contributed by atoms with Crippen LogP contribution in [0.5, 0.6) is 5.88 Å². The average Bonchev–Trinajstić information content (AvgIpc) is 3.29. The number of aliphatic hydroxyl groups is 2. The first kappa shape index (κ1) is 19.1. The molecule has 3 heterocycles. The number of anilines is 1. The van der Waals surface area contributed by atoms with Crippen molar-refractivity contribution in [3.8, 4) is 5.88 Å². The number of aromatic nitrogens is 4. The molecule has 29 heavy (non-hydrogen) atoms. The van der Waals surface area contributed by atoms with Crippen LogP contribution >= 0.6 is 0 Å². The van der Waals surface area contributed by atoms with Gasteiger partial charge in [-0.05, 0) is 12.1 Å². The fourth-order valence-corrected chi connectivity index (χ4v) is 3.26. The van der Waals surface area contributed by atoms with E-state index in [2.05, 4.69) is 15.0 Å². The van der Waals surface area contributed by atoms with Crippen LogP contribution < -0.4 is 10.5 Å². The molecule has 1 aliphatic heterocycles. The number of hydrogen-bond donors (Lipinski definition) is 3. The van der Waals surface area contributed by atoms with Crippen LogP contribution in [0.1, 0.15) is 16.6 Å². The van der Waals surface area contributed by atoms with Gasteiger partial charge in [0.25, 0.3) is 0 Å². The van der Waals surface area contributed by atoms with Gasteiger partial charge < -0.3 is 30.2 Å². The minimum absolute atomic E-state index is 0.158. The second-order valence-electron chi connectivity index (χ2n) is 6.40. The van der Waals surface area contributed by atoms with Gasteiger partial charge in [0.15, 0.2) is 23.5 Å². The van der Waals surface area contributed by atoms with E-state index in [0.29, 0.717) is 11.2 Å². The Morgan fingerprint density at radius 3 is 2.83 bits per heavy atom. The van der Waals surface area contributed by atoms with Gasteiger partial charge >= 0.3 is 5.97 Å². The molecule has 0 bridgehead atoms. The summed E-state index contributed by atoms with van der Waals surface area (Å²) in [4.78, 5) is 25.0. The number of benzene rings is 1. The minimum Gasteiger partial charge on any atom is -0.479 e. The normalized spacial score (nSPS) is 24.0. The number of fused-ring (bicyclic) bond motifs is 1. The molecule has 0 saturated carbocycles. The van der Waals surface area contributed by atoms with Crippen LogP contribution in [0, 0.1) is 0 Å². The molecule has 11 nitrogen and oxygen atoms in total. The van der Waals surface area contributed by atoms with E-state index in [1.807, 2.05) is 0 Å². The molecule has 2 aromatic heterocycles. The summed E-state index contributed by atoms with van der Waals surface area (Å²) in [6.07, 6.45) is -1.66. The van der Waals surface area contributed by atoms with Crippen molar-refractivity contribution in [3.05, 3.63) is 42.5 Å². The number of para-hydroxylation sites is 1. The van der Waals surface area contributed by atoms with Gasteiger partial charge in [0.05, 0.1) is 25.6 Å². The van der Waals surface area contributed by atoms with Crippen LogP contribution in [0.3, 0.4) is 0 Å². The van der Waals surface area contributed by atoms with Crippen molar-refractivity contribution in [2.45, 2.75) is 24.5 Å². The minimum atomic E-state index is -1.28. The van der Waals surface area contributed by atoms with Crippen molar-refractivity contribution in [3.63, 3.8) is 0 Å². The monoisotopic (exact) mass is 401 g/mol. The van der Waals surface area contributed by atoms with E-state index in [9.17, 15) is 15.0 Å². The van der Waals surface area contributed by atoms with E-state index in [1.54, 1.807) is 18.2 Å². The molecule has 1 fully saturated rings. The number of hydrogen-bond acceptors (Lipinski definition) is 10. The Balaban J connectivity index is 1.70. The number of nitrogen functional groups attached to an aromatic ring is 1. The summed E-state index contributed by atoms with van der Waals surface area (Å²) in [5.41, 5.74) is 6.97. The highest BCUT2D eigenvalue weighted by Crippen LogP contribution is 2.35. The quantitative estimate of drug-likeness (QED) is 0.390. The van der Waals surface area contributed by atoms with E-state index < -0.39 is 37.1 Å². The first-order valence-corrected chi connectivity index (χ1v) is 8.76. The highest BCUT2D eigenvalue weighted by Gasteiger charge is 2.47. The van der Waals surface area contributed by atoms with Gasteiger partial charge in [-0.1, -0.05) is 12.1 Å². The third kappa shape index (κ3) is 3.24. The highest BCUT2D eigenvalue weighted by atomic mass is 16.6. The van der Waals surface area contributed by atoms with Crippen molar-refractivity contribution in [1.82, 2.24) is 19.5 Å². The van der Waals surface area contributed by atoms with Gasteiger partial charge in [-0.3, -0.25) is 4.57 Å². The Kier molecular flexibility index (Phi) is 5.01. The number of esters is 1. The van der Waals surface area contributed by atoms with Gasteiger partial charge in [-0.25, -0.2) is 14.8 Å².